The first-order chi connectivity index (χ1) is 2.00. The van der Waals surface area contributed by atoms with Crippen LogP contribution in [-0.4, -0.2) is 0 Å². The molecule has 31 valence electrons. The Morgan fingerprint density at radius 3 is 0.714 bits per heavy atom. The van der Waals surface area contributed by atoms with Gasteiger partial charge >= 0.3 is 103 Å². The van der Waals surface area contributed by atoms with Crippen molar-refractivity contribution in [1.82, 2.24) is 0 Å². The first-order valence-corrected chi connectivity index (χ1v) is 0.447. The van der Waals surface area contributed by atoms with Crippen LogP contribution in [0.4, 0.5) is 0 Å². The van der Waals surface area contributed by atoms with Gasteiger partial charge in [-0.3, -0.25) is 0 Å². The van der Waals surface area contributed by atoms with E-state index in [9.17, 15) is 0 Å². The predicted octanol–water partition coefficient (Wildman–Crippen LogP) is -5.80. The van der Waals surface area contributed by atoms with E-state index in [1.54, 1.807) is 0 Å². The van der Waals surface area contributed by atoms with E-state index >= 15 is 0 Å². The molecule has 0 atom stereocenters. The molecule has 0 spiro atoms. The van der Waals surface area contributed by atoms with Crippen molar-refractivity contribution >= 4 is 0 Å². The van der Waals surface area contributed by atoms with E-state index in [2.05, 4.69) is 0 Å². The van der Waals surface area contributed by atoms with Crippen LogP contribution in [0.2, 0.25) is 0 Å². The Morgan fingerprint density at radius 2 is 0.714 bits per heavy atom. The average Bonchev–Trinajstić information content (AvgIpc) is 1.50. The van der Waals surface area contributed by atoms with E-state index in [4.69, 9.17) is 23.7 Å². The summed E-state index contributed by atoms with van der Waals surface area (Å²) in [5, 5.41) is 12.5. The molecule has 0 aliphatic heterocycles. The molecule has 2 nitrogen and oxygen atoms in total. The molecule has 0 saturated carbocycles. The van der Waals surface area contributed by atoms with Crippen molar-refractivity contribution in [2.75, 3.05) is 0 Å². The Hall–Kier alpha value is 2.77. The van der Waals surface area contributed by atoms with Gasteiger partial charge in [0, 0.05) is 17.1 Å². The van der Waals surface area contributed by atoms with Gasteiger partial charge in [0.05, 0.1) is 0 Å². The van der Waals surface area contributed by atoms with Crippen LogP contribution in [0.1, 0.15) is 0 Å². The van der Waals surface area contributed by atoms with E-state index in [1.807, 2.05) is 0 Å². The third kappa shape index (κ3) is 52.4. The standard InChI is InChI=1S/2CN.Cu.2K/c2*1-2;;;/q2*-1;;2*+1. The molecule has 7 heavy (non-hydrogen) atoms. The van der Waals surface area contributed by atoms with Crippen LogP contribution >= 0.6 is 0 Å². The normalized spacial score (nSPS) is 0.571. The average molecular weight is 194 g/mol. The minimum absolute atomic E-state index is 0. The van der Waals surface area contributed by atoms with Crippen LogP contribution in [0.15, 0.2) is 0 Å². The number of nitrogens with zero attached hydrogens (tertiary/aromatic N) is 2. The Bertz CT molecular complexity index is 29.2. The molecule has 0 aliphatic rings. The van der Waals surface area contributed by atoms with Crippen molar-refractivity contribution in [3.8, 4) is 0 Å². The molecule has 5 heteroatoms. The summed E-state index contributed by atoms with van der Waals surface area (Å²) in [4.78, 5) is 0. The summed E-state index contributed by atoms with van der Waals surface area (Å²) < 4.78 is 0. The van der Waals surface area contributed by atoms with Gasteiger partial charge in [-0.2, -0.15) is 0 Å². The first-order valence-electron chi connectivity index (χ1n) is 0.447. The third-order valence-corrected chi connectivity index (χ3v) is 0. The van der Waals surface area contributed by atoms with Gasteiger partial charge in [0.1, 0.15) is 0 Å². The zero-order chi connectivity index (χ0) is 4.00. The monoisotopic (exact) mass is 193 g/mol. The molecular weight excluding hydrogens is 194 g/mol. The molecule has 0 amide bonds. The molecule has 0 N–H and O–H groups in total. The minimum Gasteiger partial charge on any atom is -0.512 e. The van der Waals surface area contributed by atoms with Gasteiger partial charge in [-0.25, -0.2) is 0 Å². The molecule has 0 rings (SSSR count). The van der Waals surface area contributed by atoms with Crippen molar-refractivity contribution in [1.29, 1.82) is 10.5 Å². The Morgan fingerprint density at radius 1 is 0.714 bits per heavy atom. The van der Waals surface area contributed by atoms with Crippen LogP contribution in [0.5, 0.6) is 0 Å². The van der Waals surface area contributed by atoms with Gasteiger partial charge in [-0.15, -0.1) is 0 Å². The van der Waals surface area contributed by atoms with Crippen LogP contribution in [0.25, 0.3) is 0 Å². The molecule has 0 aliphatic carbocycles. The quantitative estimate of drug-likeness (QED) is 0.285. The zero-order valence-electron chi connectivity index (χ0n) is 4.20. The summed E-state index contributed by atoms with van der Waals surface area (Å²) in [6.45, 7) is 9.50. The molecule has 0 bridgehead atoms. The van der Waals surface area contributed by atoms with Gasteiger partial charge in [0.2, 0.25) is 0 Å². The summed E-state index contributed by atoms with van der Waals surface area (Å²) in [5.41, 5.74) is 0. The van der Waals surface area contributed by atoms with Crippen molar-refractivity contribution in [3.05, 3.63) is 13.1 Å². The number of hydrogen-bond donors (Lipinski definition) is 0. The molecule has 0 fully saturated rings. The van der Waals surface area contributed by atoms with Gasteiger partial charge in [-0.05, 0) is 0 Å². The fourth-order valence-corrected chi connectivity index (χ4v) is 0. The maximum Gasteiger partial charge on any atom is 1.00 e. The van der Waals surface area contributed by atoms with Crippen molar-refractivity contribution in [2.24, 2.45) is 0 Å². The summed E-state index contributed by atoms with van der Waals surface area (Å²) in [5.74, 6) is 0. The number of rotatable bonds is 0. The fourth-order valence-electron chi connectivity index (χ4n) is 0. The topological polar surface area (TPSA) is 47.6 Å². The smallest absolute Gasteiger partial charge is 0.512 e. The molecule has 0 aromatic carbocycles. The van der Waals surface area contributed by atoms with Crippen LogP contribution in [-0.2, 0) is 17.1 Å². The SMILES string of the molecule is [C-]#N.[C-]#N.[Cu].[K+].[K+]. The Kier molecular flexibility index (Phi) is 325. The van der Waals surface area contributed by atoms with Crippen molar-refractivity contribution in [2.45, 2.75) is 0 Å². The second-order valence-corrected chi connectivity index (χ2v) is 0. The number of hydrogen-bond acceptors (Lipinski definition) is 2. The molecule has 0 saturated heterocycles. The van der Waals surface area contributed by atoms with E-state index < -0.39 is 0 Å². The van der Waals surface area contributed by atoms with Gasteiger partial charge < -0.3 is 23.7 Å². The summed E-state index contributed by atoms with van der Waals surface area (Å²) >= 11 is 0. The Balaban J connectivity index is -0.00000000267. The van der Waals surface area contributed by atoms with Crippen LogP contribution in [0, 0.1) is 23.7 Å². The van der Waals surface area contributed by atoms with E-state index in [-0.39, 0.29) is 120 Å². The predicted molar refractivity (Wildman–Crippen MR) is 9.94 cm³/mol. The Labute approximate surface area is 139 Å². The summed E-state index contributed by atoms with van der Waals surface area (Å²) in [6, 6.07) is 0. The second-order valence-electron chi connectivity index (χ2n) is 0. The van der Waals surface area contributed by atoms with E-state index in [1.165, 1.54) is 0 Å². The second kappa shape index (κ2) is 69.0. The van der Waals surface area contributed by atoms with Crippen LogP contribution in [0.3, 0.4) is 0 Å². The van der Waals surface area contributed by atoms with E-state index in [0.717, 1.165) is 0 Å². The maximum atomic E-state index is 6.25. The molecule has 0 aromatic heterocycles. The van der Waals surface area contributed by atoms with Crippen molar-refractivity contribution < 1.29 is 120 Å². The van der Waals surface area contributed by atoms with Gasteiger partial charge in [0.25, 0.3) is 0 Å². The summed E-state index contributed by atoms with van der Waals surface area (Å²) in [7, 11) is 0. The maximum absolute atomic E-state index is 6.25. The molecule has 0 unspecified atom stereocenters. The van der Waals surface area contributed by atoms with Gasteiger partial charge in [-0.1, -0.05) is 0 Å². The van der Waals surface area contributed by atoms with Gasteiger partial charge in [0.15, 0.2) is 0 Å². The molecular formula is C2CuK2N2. The van der Waals surface area contributed by atoms with Crippen LogP contribution < -0.4 is 103 Å². The largest absolute Gasteiger partial charge is 1.00 e. The first kappa shape index (κ1) is 33.0. The van der Waals surface area contributed by atoms with Crippen molar-refractivity contribution in [3.63, 3.8) is 0 Å². The fraction of sp³-hybridized carbons (Fsp3) is 0. The summed E-state index contributed by atoms with van der Waals surface area (Å²) in [6.07, 6.45) is 0. The molecule has 1 radical (unpaired) electrons. The minimum atomic E-state index is 0. The molecule has 0 heterocycles. The zero-order valence-corrected chi connectivity index (χ0v) is 11.4. The van der Waals surface area contributed by atoms with E-state index in [0.29, 0.717) is 0 Å². The molecule has 0 aromatic rings. The third-order valence-electron chi connectivity index (χ3n) is 0.